The van der Waals surface area contributed by atoms with E-state index in [2.05, 4.69) is 21.7 Å². The second-order valence-corrected chi connectivity index (χ2v) is 4.63. The number of aryl methyl sites for hydroxylation is 2. The maximum atomic E-state index is 9.16. The zero-order valence-corrected chi connectivity index (χ0v) is 11.3. The van der Waals surface area contributed by atoms with Crippen LogP contribution in [0.3, 0.4) is 0 Å². The first-order valence-corrected chi connectivity index (χ1v) is 6.71. The van der Waals surface area contributed by atoms with Gasteiger partial charge >= 0.3 is 0 Å². The maximum absolute atomic E-state index is 9.16. The molecule has 1 aliphatic rings. The van der Waals surface area contributed by atoms with Crippen LogP contribution in [-0.2, 0) is 17.6 Å². The van der Waals surface area contributed by atoms with E-state index in [1.165, 1.54) is 5.56 Å². The maximum Gasteiger partial charge on any atom is 0.144 e. The van der Waals surface area contributed by atoms with E-state index in [1.807, 2.05) is 6.07 Å². The molecule has 5 heteroatoms. The molecule has 1 heterocycles. The van der Waals surface area contributed by atoms with Gasteiger partial charge in [0.05, 0.1) is 12.2 Å². The summed E-state index contributed by atoms with van der Waals surface area (Å²) < 4.78 is 4.96. The number of fused-ring (bicyclic) bond motifs is 1. The van der Waals surface area contributed by atoms with Crippen molar-refractivity contribution in [3.63, 3.8) is 0 Å². The standard InChI is InChI=1S/C14H20N4O/c1-19-8-7-16-5-6-17-14-12(10-15)9-11-3-2-4-13(11)18-14/h9,16H,2-8H2,1H3,(H,17,18). The molecule has 0 fully saturated rings. The average Bonchev–Trinajstić information content (AvgIpc) is 2.88. The van der Waals surface area contributed by atoms with Gasteiger partial charge in [0.1, 0.15) is 11.9 Å². The highest BCUT2D eigenvalue weighted by Crippen LogP contribution is 2.24. The van der Waals surface area contributed by atoms with E-state index >= 15 is 0 Å². The molecular weight excluding hydrogens is 240 g/mol. The van der Waals surface area contributed by atoms with Crippen LogP contribution in [0.1, 0.15) is 23.2 Å². The van der Waals surface area contributed by atoms with Crippen molar-refractivity contribution in [3.8, 4) is 6.07 Å². The molecule has 0 amide bonds. The highest BCUT2D eigenvalue weighted by Gasteiger charge is 2.15. The number of anilines is 1. The summed E-state index contributed by atoms with van der Waals surface area (Å²) in [4.78, 5) is 4.57. The molecule has 5 nitrogen and oxygen atoms in total. The number of nitrogens with zero attached hydrogens (tertiary/aromatic N) is 2. The Morgan fingerprint density at radius 1 is 1.37 bits per heavy atom. The van der Waals surface area contributed by atoms with Crippen molar-refractivity contribution in [1.82, 2.24) is 10.3 Å². The number of pyridine rings is 1. The monoisotopic (exact) mass is 260 g/mol. The third-order valence-electron chi connectivity index (χ3n) is 3.25. The van der Waals surface area contributed by atoms with Gasteiger partial charge < -0.3 is 15.4 Å². The first-order valence-electron chi connectivity index (χ1n) is 6.71. The van der Waals surface area contributed by atoms with Gasteiger partial charge in [0, 0.05) is 32.4 Å². The van der Waals surface area contributed by atoms with Gasteiger partial charge in [-0.1, -0.05) is 0 Å². The molecule has 0 bridgehead atoms. The van der Waals surface area contributed by atoms with Crippen molar-refractivity contribution in [2.75, 3.05) is 38.7 Å². The number of hydrogen-bond acceptors (Lipinski definition) is 5. The van der Waals surface area contributed by atoms with Gasteiger partial charge in [-0.15, -0.1) is 0 Å². The lowest BCUT2D eigenvalue weighted by atomic mass is 10.1. The first kappa shape index (κ1) is 13.8. The van der Waals surface area contributed by atoms with Gasteiger partial charge in [0.15, 0.2) is 0 Å². The lowest BCUT2D eigenvalue weighted by molar-refractivity contribution is 0.200. The molecule has 0 unspecified atom stereocenters. The third-order valence-corrected chi connectivity index (χ3v) is 3.25. The van der Waals surface area contributed by atoms with Crippen molar-refractivity contribution in [3.05, 3.63) is 22.9 Å². The fourth-order valence-corrected chi connectivity index (χ4v) is 2.26. The number of methoxy groups -OCH3 is 1. The van der Waals surface area contributed by atoms with E-state index in [0.717, 1.165) is 50.4 Å². The van der Waals surface area contributed by atoms with E-state index in [9.17, 15) is 0 Å². The number of nitrogens with one attached hydrogen (secondary N) is 2. The van der Waals surface area contributed by atoms with Crippen LogP contribution in [0.4, 0.5) is 5.82 Å². The van der Waals surface area contributed by atoms with Crippen LogP contribution in [0.25, 0.3) is 0 Å². The van der Waals surface area contributed by atoms with Crippen LogP contribution in [0.15, 0.2) is 6.07 Å². The largest absolute Gasteiger partial charge is 0.383 e. The van der Waals surface area contributed by atoms with Gasteiger partial charge in [-0.25, -0.2) is 4.98 Å². The zero-order valence-electron chi connectivity index (χ0n) is 11.3. The first-order chi connectivity index (χ1) is 9.35. The highest BCUT2D eigenvalue weighted by molar-refractivity contribution is 5.55. The number of aromatic nitrogens is 1. The summed E-state index contributed by atoms with van der Waals surface area (Å²) in [5.74, 6) is 0.719. The number of hydrogen-bond donors (Lipinski definition) is 2. The molecule has 1 aromatic rings. The second kappa shape index (κ2) is 7.07. The Labute approximate surface area is 114 Å². The second-order valence-electron chi connectivity index (χ2n) is 4.63. The summed E-state index contributed by atoms with van der Waals surface area (Å²) in [5.41, 5.74) is 3.03. The minimum absolute atomic E-state index is 0.651. The van der Waals surface area contributed by atoms with Crippen LogP contribution >= 0.6 is 0 Å². The predicted molar refractivity (Wildman–Crippen MR) is 74.2 cm³/mol. The highest BCUT2D eigenvalue weighted by atomic mass is 16.5. The molecule has 0 saturated carbocycles. The molecule has 1 aliphatic carbocycles. The van der Waals surface area contributed by atoms with Crippen molar-refractivity contribution in [2.24, 2.45) is 0 Å². The van der Waals surface area contributed by atoms with Crippen molar-refractivity contribution in [1.29, 1.82) is 5.26 Å². The number of rotatable bonds is 7. The molecular formula is C14H20N4O. The smallest absolute Gasteiger partial charge is 0.144 e. The topological polar surface area (TPSA) is 70.0 Å². The average molecular weight is 260 g/mol. The Hall–Kier alpha value is -1.64. The van der Waals surface area contributed by atoms with E-state index in [1.54, 1.807) is 7.11 Å². The van der Waals surface area contributed by atoms with Crippen molar-refractivity contribution < 1.29 is 4.74 Å². The third kappa shape index (κ3) is 3.66. The predicted octanol–water partition coefficient (Wildman–Crippen LogP) is 1.09. The lowest BCUT2D eigenvalue weighted by Crippen LogP contribution is -2.26. The Morgan fingerprint density at radius 3 is 3.05 bits per heavy atom. The molecule has 2 rings (SSSR count). The Kier molecular flexibility index (Phi) is 5.13. The number of nitriles is 1. The van der Waals surface area contributed by atoms with Crippen LogP contribution in [0.5, 0.6) is 0 Å². The lowest BCUT2D eigenvalue weighted by Gasteiger charge is -2.10. The van der Waals surface area contributed by atoms with Gasteiger partial charge in [-0.2, -0.15) is 5.26 Å². The quantitative estimate of drug-likeness (QED) is 0.718. The van der Waals surface area contributed by atoms with E-state index in [0.29, 0.717) is 12.2 Å². The zero-order chi connectivity index (χ0) is 13.5. The summed E-state index contributed by atoms with van der Waals surface area (Å²) in [5, 5.41) is 15.6. The minimum atomic E-state index is 0.651. The Bertz CT molecular complexity index is 467. The molecule has 1 aromatic heterocycles. The SMILES string of the molecule is COCCNCCNc1nc2c(cc1C#N)CCC2. The van der Waals surface area contributed by atoms with Crippen LogP contribution in [0, 0.1) is 11.3 Å². The fourth-order valence-electron chi connectivity index (χ4n) is 2.26. The van der Waals surface area contributed by atoms with E-state index < -0.39 is 0 Å². The Morgan fingerprint density at radius 2 is 2.26 bits per heavy atom. The van der Waals surface area contributed by atoms with Gasteiger partial charge in [0.25, 0.3) is 0 Å². The van der Waals surface area contributed by atoms with Gasteiger partial charge in [0.2, 0.25) is 0 Å². The molecule has 2 N–H and O–H groups in total. The van der Waals surface area contributed by atoms with Crippen molar-refractivity contribution in [2.45, 2.75) is 19.3 Å². The Balaban J connectivity index is 1.88. The van der Waals surface area contributed by atoms with Crippen molar-refractivity contribution >= 4 is 5.82 Å². The molecule has 0 aliphatic heterocycles. The molecule has 102 valence electrons. The van der Waals surface area contributed by atoms with Crippen LogP contribution in [0.2, 0.25) is 0 Å². The summed E-state index contributed by atoms with van der Waals surface area (Å²) in [6.07, 6.45) is 3.23. The molecule has 0 spiro atoms. The molecule has 19 heavy (non-hydrogen) atoms. The molecule has 0 radical (unpaired) electrons. The molecule has 0 atom stereocenters. The van der Waals surface area contributed by atoms with Gasteiger partial charge in [-0.3, -0.25) is 0 Å². The van der Waals surface area contributed by atoms with Crippen LogP contribution < -0.4 is 10.6 Å². The summed E-state index contributed by atoms with van der Waals surface area (Å²) in [7, 11) is 1.69. The summed E-state index contributed by atoms with van der Waals surface area (Å²) in [6.45, 7) is 3.12. The van der Waals surface area contributed by atoms with E-state index in [-0.39, 0.29) is 0 Å². The molecule has 0 saturated heterocycles. The molecule has 0 aromatic carbocycles. The number of ether oxygens (including phenoxy) is 1. The normalized spacial score (nSPS) is 13.1. The minimum Gasteiger partial charge on any atom is -0.383 e. The summed E-state index contributed by atoms with van der Waals surface area (Å²) in [6, 6.07) is 4.20. The summed E-state index contributed by atoms with van der Waals surface area (Å²) >= 11 is 0. The van der Waals surface area contributed by atoms with Crippen LogP contribution in [-0.4, -0.2) is 38.3 Å². The van der Waals surface area contributed by atoms with Gasteiger partial charge in [-0.05, 0) is 30.9 Å². The van der Waals surface area contributed by atoms with E-state index in [4.69, 9.17) is 10.00 Å². The fraction of sp³-hybridized carbons (Fsp3) is 0.571.